The summed E-state index contributed by atoms with van der Waals surface area (Å²) < 4.78 is 0. The number of carbonyl (C=O) groups is 1. The first kappa shape index (κ1) is 11.3. The van der Waals surface area contributed by atoms with Gasteiger partial charge in [0.2, 0.25) is 0 Å². The van der Waals surface area contributed by atoms with Crippen LogP contribution in [0.4, 0.5) is 0 Å². The smallest absolute Gasteiger partial charge is 0.300 e. The van der Waals surface area contributed by atoms with Crippen molar-refractivity contribution in [1.29, 1.82) is 0 Å². The van der Waals surface area contributed by atoms with Gasteiger partial charge in [0.1, 0.15) is 0 Å². The predicted molar refractivity (Wildman–Crippen MR) is 40.9 cm³/mol. The van der Waals surface area contributed by atoms with Crippen LogP contribution in [-0.4, -0.2) is 21.7 Å². The van der Waals surface area contributed by atoms with Crippen molar-refractivity contribution in [2.75, 3.05) is 10.7 Å². The summed E-state index contributed by atoms with van der Waals surface area (Å²) >= 11 is 6.40. The number of aliphatic carboxylic acids is 1. The van der Waals surface area contributed by atoms with Gasteiger partial charge in [-0.15, -0.1) is 0 Å². The second-order valence-corrected chi connectivity index (χ2v) is 2.48. The molecule has 0 radical (unpaired) electrons. The van der Waals surface area contributed by atoms with Gasteiger partial charge in [-0.05, 0) is 0 Å². The lowest BCUT2D eigenvalue weighted by Gasteiger charge is -1.63. The van der Waals surface area contributed by atoms with Crippen molar-refractivity contribution in [3.63, 3.8) is 0 Å². The number of hydrogen-bond acceptors (Lipinski definition) is 1. The highest BCUT2D eigenvalue weighted by molar-refractivity contribution is 9.11. The summed E-state index contributed by atoms with van der Waals surface area (Å²) in [6.45, 7) is 1.08. The van der Waals surface area contributed by atoms with Crippen LogP contribution in [0.5, 0.6) is 0 Å². The predicted octanol–water partition coefficient (Wildman–Crippen LogP) is 1.87. The summed E-state index contributed by atoms with van der Waals surface area (Å²) in [5.41, 5.74) is 0. The minimum Gasteiger partial charge on any atom is -0.481 e. The zero-order chi connectivity index (χ0) is 6.99. The van der Waals surface area contributed by atoms with Crippen LogP contribution >= 0.6 is 31.9 Å². The molecule has 0 aliphatic rings. The van der Waals surface area contributed by atoms with E-state index in [9.17, 15) is 0 Å². The van der Waals surface area contributed by atoms with Crippen LogP contribution in [0.1, 0.15) is 6.92 Å². The molecule has 2 nitrogen and oxygen atoms in total. The fourth-order valence-electron chi connectivity index (χ4n) is 0. The van der Waals surface area contributed by atoms with E-state index in [0.29, 0.717) is 0 Å². The molecule has 0 saturated heterocycles. The van der Waals surface area contributed by atoms with Crippen molar-refractivity contribution >= 4 is 37.8 Å². The molecule has 0 bridgehead atoms. The van der Waals surface area contributed by atoms with E-state index >= 15 is 0 Å². The average molecular weight is 248 g/mol. The Morgan fingerprint density at radius 3 is 1.62 bits per heavy atom. The summed E-state index contributed by atoms with van der Waals surface area (Å²) in [5, 5.41) is 9.51. The normalized spacial score (nSPS) is 6.88. The van der Waals surface area contributed by atoms with Gasteiger partial charge in [0.05, 0.1) is 0 Å². The molecular formula is C4H8Br2O2. The lowest BCUT2D eigenvalue weighted by molar-refractivity contribution is -0.134. The summed E-state index contributed by atoms with van der Waals surface area (Å²) in [4.78, 5) is 9.00. The molecule has 0 spiro atoms. The minimum atomic E-state index is -0.833. The van der Waals surface area contributed by atoms with Crippen LogP contribution < -0.4 is 0 Å². The van der Waals surface area contributed by atoms with Crippen molar-refractivity contribution in [2.45, 2.75) is 6.92 Å². The summed E-state index contributed by atoms with van der Waals surface area (Å²) in [6, 6.07) is 0. The van der Waals surface area contributed by atoms with Crippen molar-refractivity contribution < 1.29 is 9.90 Å². The Balaban J connectivity index is 0. The molecule has 0 aromatic rings. The van der Waals surface area contributed by atoms with Gasteiger partial charge in [0.15, 0.2) is 0 Å². The number of carboxylic acids is 1. The maximum Gasteiger partial charge on any atom is 0.300 e. The first-order valence-electron chi connectivity index (χ1n) is 1.96. The molecule has 0 heterocycles. The fourth-order valence-corrected chi connectivity index (χ4v) is 0. The van der Waals surface area contributed by atoms with E-state index in [1.54, 1.807) is 0 Å². The zero-order valence-electron chi connectivity index (χ0n) is 4.53. The number of hydrogen-bond donors (Lipinski definition) is 1. The molecule has 0 saturated carbocycles. The molecule has 0 aromatic heterocycles. The van der Waals surface area contributed by atoms with E-state index in [2.05, 4.69) is 31.9 Å². The largest absolute Gasteiger partial charge is 0.481 e. The molecule has 0 unspecified atom stereocenters. The molecule has 0 amide bonds. The number of rotatable bonds is 1. The molecule has 0 aliphatic carbocycles. The molecule has 0 aromatic carbocycles. The maximum atomic E-state index is 9.00. The van der Waals surface area contributed by atoms with E-state index in [-0.39, 0.29) is 0 Å². The Labute approximate surface area is 65.5 Å². The van der Waals surface area contributed by atoms with Gasteiger partial charge in [0.25, 0.3) is 5.97 Å². The van der Waals surface area contributed by atoms with Gasteiger partial charge in [-0.25, -0.2) is 0 Å². The quantitative estimate of drug-likeness (QED) is 0.719. The summed E-state index contributed by atoms with van der Waals surface area (Å²) in [7, 11) is 0. The first-order chi connectivity index (χ1) is 3.65. The van der Waals surface area contributed by atoms with Gasteiger partial charge in [-0.1, -0.05) is 31.9 Å². The SMILES string of the molecule is BrCCBr.CC(=O)O. The molecular weight excluding hydrogens is 240 g/mol. The standard InChI is InChI=1S/C2H4Br2.C2H4O2/c3-1-2-4;1-2(3)4/h1-2H2;1H3,(H,3,4). The third-order valence-electron chi connectivity index (χ3n) is 0.0714. The van der Waals surface area contributed by atoms with Crippen LogP contribution in [0, 0.1) is 0 Å². The van der Waals surface area contributed by atoms with Crippen LogP contribution in [0.3, 0.4) is 0 Å². The van der Waals surface area contributed by atoms with Crippen molar-refractivity contribution in [3.05, 3.63) is 0 Å². The second-order valence-electron chi connectivity index (χ2n) is 0.897. The molecule has 0 fully saturated rings. The molecule has 4 heteroatoms. The summed E-state index contributed by atoms with van der Waals surface area (Å²) in [5.74, 6) is -0.833. The van der Waals surface area contributed by atoms with Crippen LogP contribution in [-0.2, 0) is 4.79 Å². The Morgan fingerprint density at radius 1 is 1.50 bits per heavy atom. The van der Waals surface area contributed by atoms with Gasteiger partial charge in [-0.2, -0.15) is 0 Å². The Kier molecular flexibility index (Phi) is 14.7. The van der Waals surface area contributed by atoms with Gasteiger partial charge in [0, 0.05) is 17.6 Å². The van der Waals surface area contributed by atoms with E-state index in [4.69, 9.17) is 9.90 Å². The van der Waals surface area contributed by atoms with E-state index < -0.39 is 5.97 Å². The third-order valence-corrected chi connectivity index (χ3v) is 1.93. The highest BCUT2D eigenvalue weighted by Gasteiger charge is 1.65. The van der Waals surface area contributed by atoms with Crippen molar-refractivity contribution in [3.8, 4) is 0 Å². The molecule has 0 rings (SSSR count). The Morgan fingerprint density at radius 2 is 1.62 bits per heavy atom. The van der Waals surface area contributed by atoms with Crippen LogP contribution in [0.15, 0.2) is 0 Å². The average Bonchev–Trinajstić information content (AvgIpc) is 1.65. The monoisotopic (exact) mass is 246 g/mol. The highest BCUT2D eigenvalue weighted by atomic mass is 79.9. The second kappa shape index (κ2) is 10.4. The third kappa shape index (κ3) is 92.7. The van der Waals surface area contributed by atoms with E-state index in [0.717, 1.165) is 17.6 Å². The molecule has 50 valence electrons. The summed E-state index contributed by atoms with van der Waals surface area (Å²) in [6.07, 6.45) is 0. The van der Waals surface area contributed by atoms with Crippen LogP contribution in [0.2, 0.25) is 0 Å². The lowest BCUT2D eigenvalue weighted by atomic mass is 10.9. The molecule has 0 aliphatic heterocycles. The first-order valence-corrected chi connectivity index (χ1v) is 4.21. The number of halogens is 2. The van der Waals surface area contributed by atoms with Gasteiger partial charge < -0.3 is 5.11 Å². The highest BCUT2D eigenvalue weighted by Crippen LogP contribution is 1.82. The zero-order valence-corrected chi connectivity index (χ0v) is 7.70. The Bertz CT molecular complexity index is 50.0. The maximum absolute atomic E-state index is 9.00. The number of alkyl halides is 2. The minimum absolute atomic E-state index is 0.833. The molecule has 8 heavy (non-hydrogen) atoms. The fraction of sp³-hybridized carbons (Fsp3) is 0.750. The molecule has 1 N–H and O–H groups in total. The topological polar surface area (TPSA) is 37.3 Å². The van der Waals surface area contributed by atoms with E-state index in [1.807, 2.05) is 0 Å². The van der Waals surface area contributed by atoms with Crippen LogP contribution in [0.25, 0.3) is 0 Å². The van der Waals surface area contributed by atoms with E-state index in [1.165, 1.54) is 0 Å². The molecule has 0 atom stereocenters. The number of carboxylic acid groups (broad SMARTS) is 1. The van der Waals surface area contributed by atoms with Gasteiger partial charge in [-0.3, -0.25) is 4.79 Å². The van der Waals surface area contributed by atoms with Crippen molar-refractivity contribution in [1.82, 2.24) is 0 Å². The Hall–Kier alpha value is 0.430. The lowest BCUT2D eigenvalue weighted by Crippen LogP contribution is -1.78. The van der Waals surface area contributed by atoms with Crippen molar-refractivity contribution in [2.24, 2.45) is 0 Å². The van der Waals surface area contributed by atoms with Gasteiger partial charge >= 0.3 is 0 Å².